The molecule has 0 saturated heterocycles. The second-order valence-corrected chi connectivity index (χ2v) is 4.43. The van der Waals surface area contributed by atoms with E-state index >= 15 is 0 Å². The summed E-state index contributed by atoms with van der Waals surface area (Å²) in [5.74, 6) is -1.25. The number of hydrogen-bond donors (Lipinski definition) is 1. The van der Waals surface area contributed by atoms with E-state index in [0.717, 1.165) is 24.3 Å². The number of carbonyl (C=O) groups is 1. The lowest BCUT2D eigenvalue weighted by atomic mass is 10.1. The Kier molecular flexibility index (Phi) is 3.59. The third kappa shape index (κ3) is 2.96. The van der Waals surface area contributed by atoms with E-state index < -0.39 is 23.1 Å². The molecule has 7 heteroatoms. The number of fused-ring (bicyclic) bond motifs is 1. The molecule has 0 atom stereocenters. The number of rotatable bonds is 2. The van der Waals surface area contributed by atoms with Crippen molar-refractivity contribution in [2.45, 2.75) is 6.18 Å². The van der Waals surface area contributed by atoms with Crippen molar-refractivity contribution in [3.05, 3.63) is 51.8 Å². The largest absolute Gasteiger partial charge is 0.478 e. The number of aliphatic carboxylic acids is 1. The Balaban J connectivity index is 2.74. The molecule has 1 heterocycles. The minimum absolute atomic E-state index is 0.00623. The van der Waals surface area contributed by atoms with Gasteiger partial charge in [-0.1, -0.05) is 0 Å². The number of aromatic nitrogens is 1. The minimum Gasteiger partial charge on any atom is -0.478 e. The van der Waals surface area contributed by atoms with Crippen molar-refractivity contribution in [3.8, 4) is 0 Å². The van der Waals surface area contributed by atoms with E-state index in [9.17, 15) is 22.8 Å². The first kappa shape index (κ1) is 14.8. The van der Waals surface area contributed by atoms with Crippen LogP contribution in [0.1, 0.15) is 11.1 Å². The molecule has 0 fully saturated rings. The van der Waals surface area contributed by atoms with Crippen LogP contribution in [0.15, 0.2) is 35.3 Å². The zero-order valence-corrected chi connectivity index (χ0v) is 10.8. The van der Waals surface area contributed by atoms with Gasteiger partial charge in [0.1, 0.15) is 0 Å². The predicted molar refractivity (Wildman–Crippen MR) is 70.9 cm³/mol. The van der Waals surface area contributed by atoms with E-state index in [1.54, 1.807) is 7.05 Å². The number of halogens is 3. The third-order valence-electron chi connectivity index (χ3n) is 2.95. The van der Waals surface area contributed by atoms with Crippen LogP contribution in [0.4, 0.5) is 13.2 Å². The van der Waals surface area contributed by atoms with Crippen LogP contribution in [-0.4, -0.2) is 15.6 Å². The van der Waals surface area contributed by atoms with Crippen LogP contribution in [-0.2, 0) is 18.0 Å². The van der Waals surface area contributed by atoms with Crippen molar-refractivity contribution in [1.82, 2.24) is 4.57 Å². The summed E-state index contributed by atoms with van der Waals surface area (Å²) in [4.78, 5) is 22.6. The first-order valence-corrected chi connectivity index (χ1v) is 5.82. The zero-order chi connectivity index (χ0) is 15.8. The Morgan fingerprint density at radius 3 is 2.57 bits per heavy atom. The smallest absolute Gasteiger partial charge is 0.416 e. The molecular formula is C14H10F3NO3. The fourth-order valence-electron chi connectivity index (χ4n) is 1.97. The van der Waals surface area contributed by atoms with E-state index in [2.05, 4.69) is 0 Å². The molecule has 0 bridgehead atoms. The first-order valence-electron chi connectivity index (χ1n) is 5.82. The molecule has 2 aromatic rings. The second kappa shape index (κ2) is 5.08. The normalized spacial score (nSPS) is 12.2. The number of pyridine rings is 1. The van der Waals surface area contributed by atoms with Gasteiger partial charge in [0.15, 0.2) is 5.43 Å². The lowest BCUT2D eigenvalue weighted by molar-refractivity contribution is -0.137. The van der Waals surface area contributed by atoms with Crippen LogP contribution >= 0.6 is 0 Å². The van der Waals surface area contributed by atoms with E-state index in [0.29, 0.717) is 5.52 Å². The maximum atomic E-state index is 12.7. The van der Waals surface area contributed by atoms with Crippen molar-refractivity contribution in [2.75, 3.05) is 0 Å². The highest BCUT2D eigenvalue weighted by Crippen LogP contribution is 2.30. The Morgan fingerprint density at radius 2 is 2.00 bits per heavy atom. The standard InChI is InChI=1S/C14H10F3NO3/c1-18-7-8(2-5-12(19)20)13(21)10-6-9(14(15,16)17)3-4-11(10)18/h2-7H,1H3,(H,19,20). The molecule has 110 valence electrons. The molecule has 1 aromatic carbocycles. The van der Waals surface area contributed by atoms with Crippen molar-refractivity contribution in [2.24, 2.45) is 7.05 Å². The Bertz CT molecular complexity index is 803. The van der Waals surface area contributed by atoms with Crippen molar-refractivity contribution < 1.29 is 23.1 Å². The van der Waals surface area contributed by atoms with Crippen LogP contribution in [0.5, 0.6) is 0 Å². The van der Waals surface area contributed by atoms with Crippen LogP contribution in [0.3, 0.4) is 0 Å². The second-order valence-electron chi connectivity index (χ2n) is 4.43. The van der Waals surface area contributed by atoms with E-state index in [1.165, 1.54) is 16.8 Å². The van der Waals surface area contributed by atoms with Crippen molar-refractivity contribution in [1.29, 1.82) is 0 Å². The fraction of sp³-hybridized carbons (Fsp3) is 0.143. The molecule has 0 saturated carbocycles. The molecule has 21 heavy (non-hydrogen) atoms. The van der Waals surface area contributed by atoms with Crippen LogP contribution < -0.4 is 5.43 Å². The van der Waals surface area contributed by atoms with Gasteiger partial charge in [0, 0.05) is 30.3 Å². The average Bonchev–Trinajstić information content (AvgIpc) is 2.39. The molecule has 1 N–H and O–H groups in total. The highest BCUT2D eigenvalue weighted by Gasteiger charge is 2.30. The predicted octanol–water partition coefficient (Wildman–Crippen LogP) is 2.66. The summed E-state index contributed by atoms with van der Waals surface area (Å²) in [6.07, 6.45) is -1.36. The summed E-state index contributed by atoms with van der Waals surface area (Å²) in [5, 5.41) is 8.44. The Hall–Kier alpha value is -2.57. The molecule has 2 rings (SSSR count). The number of alkyl halides is 3. The van der Waals surface area contributed by atoms with Crippen LogP contribution in [0.2, 0.25) is 0 Å². The van der Waals surface area contributed by atoms with Gasteiger partial charge in [0.25, 0.3) is 0 Å². The molecule has 0 unspecified atom stereocenters. The van der Waals surface area contributed by atoms with Gasteiger partial charge < -0.3 is 9.67 Å². The highest BCUT2D eigenvalue weighted by molar-refractivity contribution is 5.87. The topological polar surface area (TPSA) is 59.3 Å². The van der Waals surface area contributed by atoms with Gasteiger partial charge in [-0.2, -0.15) is 13.2 Å². The molecule has 1 aromatic heterocycles. The van der Waals surface area contributed by atoms with Gasteiger partial charge >= 0.3 is 12.1 Å². The molecule has 0 amide bonds. The van der Waals surface area contributed by atoms with E-state index in [-0.39, 0.29) is 10.9 Å². The summed E-state index contributed by atoms with van der Waals surface area (Å²) < 4.78 is 39.6. The number of aryl methyl sites for hydroxylation is 1. The lowest BCUT2D eigenvalue weighted by Gasteiger charge is -2.10. The van der Waals surface area contributed by atoms with Gasteiger partial charge in [0.2, 0.25) is 0 Å². The number of carboxylic acid groups (broad SMARTS) is 1. The molecule has 0 spiro atoms. The van der Waals surface area contributed by atoms with Gasteiger partial charge in [-0.25, -0.2) is 4.79 Å². The quantitative estimate of drug-likeness (QED) is 0.867. The van der Waals surface area contributed by atoms with Gasteiger partial charge in [0.05, 0.1) is 11.1 Å². The van der Waals surface area contributed by atoms with Gasteiger partial charge in [-0.3, -0.25) is 4.79 Å². The minimum atomic E-state index is -4.55. The molecule has 0 aliphatic heterocycles. The maximum absolute atomic E-state index is 12.7. The van der Waals surface area contributed by atoms with E-state index in [1.807, 2.05) is 0 Å². The number of carboxylic acids is 1. The number of nitrogens with zero attached hydrogens (tertiary/aromatic N) is 1. The van der Waals surface area contributed by atoms with Crippen LogP contribution in [0.25, 0.3) is 17.0 Å². The number of hydrogen-bond acceptors (Lipinski definition) is 2. The summed E-state index contributed by atoms with van der Waals surface area (Å²) >= 11 is 0. The van der Waals surface area contributed by atoms with E-state index in [4.69, 9.17) is 5.11 Å². The third-order valence-corrected chi connectivity index (χ3v) is 2.95. The molecular weight excluding hydrogens is 287 g/mol. The average molecular weight is 297 g/mol. The fourth-order valence-corrected chi connectivity index (χ4v) is 1.97. The molecule has 0 aliphatic rings. The first-order chi connectivity index (χ1) is 9.70. The Labute approximate surface area is 116 Å². The van der Waals surface area contributed by atoms with Gasteiger partial charge in [-0.05, 0) is 24.3 Å². The summed E-state index contributed by atoms with van der Waals surface area (Å²) in [7, 11) is 1.56. The van der Waals surface area contributed by atoms with Crippen molar-refractivity contribution >= 4 is 22.9 Å². The molecule has 0 radical (unpaired) electrons. The SMILES string of the molecule is Cn1cc(C=CC(=O)O)c(=O)c2cc(C(F)(F)F)ccc21. The summed E-state index contributed by atoms with van der Waals surface area (Å²) in [6, 6.07) is 2.88. The monoisotopic (exact) mass is 297 g/mol. The lowest BCUT2D eigenvalue weighted by Crippen LogP contribution is -2.13. The summed E-state index contributed by atoms with van der Waals surface area (Å²) in [6.45, 7) is 0. The highest BCUT2D eigenvalue weighted by atomic mass is 19.4. The Morgan fingerprint density at radius 1 is 1.33 bits per heavy atom. The molecule has 4 nitrogen and oxygen atoms in total. The van der Waals surface area contributed by atoms with Crippen molar-refractivity contribution in [3.63, 3.8) is 0 Å². The number of benzene rings is 1. The summed E-state index contributed by atoms with van der Waals surface area (Å²) in [5.41, 5.74) is -1.23. The zero-order valence-electron chi connectivity index (χ0n) is 10.8. The maximum Gasteiger partial charge on any atom is 0.416 e. The molecule has 0 aliphatic carbocycles. The van der Waals surface area contributed by atoms with Gasteiger partial charge in [-0.15, -0.1) is 0 Å². The van der Waals surface area contributed by atoms with Crippen LogP contribution in [0, 0.1) is 0 Å².